The van der Waals surface area contributed by atoms with Crippen LogP contribution in [0.4, 0.5) is 0 Å². The minimum atomic E-state index is -0.470. The highest BCUT2D eigenvalue weighted by molar-refractivity contribution is 5.83. The quantitative estimate of drug-likeness (QED) is 0.362. The topological polar surface area (TPSA) is 78.9 Å². The lowest BCUT2D eigenvalue weighted by atomic mass is 10.1. The molecule has 0 bridgehead atoms. The van der Waals surface area contributed by atoms with Crippen LogP contribution in [0.25, 0.3) is 33.1 Å². The van der Waals surface area contributed by atoms with Gasteiger partial charge in [0.05, 0.1) is 18.1 Å². The SMILES string of the molecule is COc1ccc2c(COc3ccc4c(=O)c(-c5ccccc5)coc4c3)cc(=O)oc2c1. The molecule has 6 heteroatoms. The first-order chi connectivity index (χ1) is 15.6. The maximum atomic E-state index is 12.9. The molecule has 0 N–H and O–H groups in total. The third kappa shape index (κ3) is 3.63. The summed E-state index contributed by atoms with van der Waals surface area (Å²) in [6, 6.07) is 21.1. The molecule has 0 fully saturated rings. The molecule has 0 saturated carbocycles. The molecular formula is C26H18O6. The number of hydrogen-bond donors (Lipinski definition) is 0. The fraction of sp³-hybridized carbons (Fsp3) is 0.0769. The van der Waals surface area contributed by atoms with E-state index in [1.165, 1.54) is 12.3 Å². The van der Waals surface area contributed by atoms with Gasteiger partial charge in [0.1, 0.15) is 35.5 Å². The zero-order valence-corrected chi connectivity index (χ0v) is 17.2. The Morgan fingerprint density at radius 3 is 2.38 bits per heavy atom. The van der Waals surface area contributed by atoms with Gasteiger partial charge in [0, 0.05) is 29.1 Å². The zero-order valence-electron chi connectivity index (χ0n) is 17.2. The molecule has 0 saturated heterocycles. The summed E-state index contributed by atoms with van der Waals surface area (Å²) in [6.45, 7) is 0.145. The van der Waals surface area contributed by atoms with Crippen molar-refractivity contribution in [1.82, 2.24) is 0 Å². The van der Waals surface area contributed by atoms with E-state index < -0.39 is 5.63 Å². The van der Waals surface area contributed by atoms with Gasteiger partial charge in [0.25, 0.3) is 0 Å². The molecule has 0 aliphatic heterocycles. The Morgan fingerprint density at radius 1 is 0.812 bits per heavy atom. The van der Waals surface area contributed by atoms with E-state index in [1.807, 2.05) is 36.4 Å². The molecule has 0 aliphatic rings. The van der Waals surface area contributed by atoms with Gasteiger partial charge in [-0.15, -0.1) is 0 Å². The predicted molar refractivity (Wildman–Crippen MR) is 121 cm³/mol. The summed E-state index contributed by atoms with van der Waals surface area (Å²) in [4.78, 5) is 24.9. The van der Waals surface area contributed by atoms with Crippen molar-refractivity contribution >= 4 is 21.9 Å². The Balaban J connectivity index is 1.45. The van der Waals surface area contributed by atoms with Crippen molar-refractivity contribution in [2.24, 2.45) is 0 Å². The maximum Gasteiger partial charge on any atom is 0.336 e. The molecule has 6 nitrogen and oxygen atoms in total. The lowest BCUT2D eigenvalue weighted by molar-refractivity contribution is 0.306. The average Bonchev–Trinajstić information content (AvgIpc) is 2.82. The first-order valence-corrected chi connectivity index (χ1v) is 9.97. The molecule has 0 aliphatic carbocycles. The highest BCUT2D eigenvalue weighted by Crippen LogP contribution is 2.26. The standard InChI is InChI=1S/C26H18O6/c1-29-18-7-9-20-17(11-25(27)32-24(20)12-18)14-30-19-8-10-21-23(13-19)31-15-22(26(21)28)16-5-3-2-4-6-16/h2-13,15H,14H2,1H3. The Bertz CT molecular complexity index is 1550. The summed E-state index contributed by atoms with van der Waals surface area (Å²) in [5.74, 6) is 1.11. The first-order valence-electron chi connectivity index (χ1n) is 9.97. The van der Waals surface area contributed by atoms with Crippen LogP contribution in [0.1, 0.15) is 5.56 Å². The van der Waals surface area contributed by atoms with E-state index in [9.17, 15) is 9.59 Å². The van der Waals surface area contributed by atoms with Gasteiger partial charge in [0.15, 0.2) is 5.43 Å². The van der Waals surface area contributed by atoms with Crippen molar-refractivity contribution in [1.29, 1.82) is 0 Å². The van der Waals surface area contributed by atoms with Gasteiger partial charge in [0.2, 0.25) is 0 Å². The summed E-state index contributed by atoms with van der Waals surface area (Å²) in [5, 5.41) is 1.22. The molecule has 0 radical (unpaired) electrons. The van der Waals surface area contributed by atoms with Crippen LogP contribution in [0.15, 0.2) is 97.5 Å². The van der Waals surface area contributed by atoms with Crippen molar-refractivity contribution in [2.75, 3.05) is 7.11 Å². The fourth-order valence-electron chi connectivity index (χ4n) is 3.63. The van der Waals surface area contributed by atoms with Crippen molar-refractivity contribution in [3.63, 3.8) is 0 Å². The van der Waals surface area contributed by atoms with E-state index in [-0.39, 0.29) is 12.0 Å². The molecule has 0 unspecified atom stereocenters. The van der Waals surface area contributed by atoms with Gasteiger partial charge in [-0.2, -0.15) is 0 Å². The summed E-state index contributed by atoms with van der Waals surface area (Å²) < 4.78 is 22.1. The van der Waals surface area contributed by atoms with Crippen LogP contribution >= 0.6 is 0 Å². The Labute approximate surface area is 182 Å². The summed E-state index contributed by atoms with van der Waals surface area (Å²) >= 11 is 0. The smallest absolute Gasteiger partial charge is 0.336 e. The van der Waals surface area contributed by atoms with E-state index in [4.69, 9.17) is 18.3 Å². The van der Waals surface area contributed by atoms with Gasteiger partial charge >= 0.3 is 5.63 Å². The molecule has 3 aromatic carbocycles. The largest absolute Gasteiger partial charge is 0.497 e. The van der Waals surface area contributed by atoms with E-state index in [0.29, 0.717) is 39.2 Å². The van der Waals surface area contributed by atoms with Crippen LogP contribution in [0.5, 0.6) is 11.5 Å². The van der Waals surface area contributed by atoms with Crippen LogP contribution in [0.3, 0.4) is 0 Å². The number of benzene rings is 3. The third-order valence-corrected chi connectivity index (χ3v) is 5.26. The average molecular weight is 426 g/mol. The fourth-order valence-corrected chi connectivity index (χ4v) is 3.63. The van der Waals surface area contributed by atoms with Crippen molar-refractivity contribution in [3.05, 3.63) is 105 Å². The van der Waals surface area contributed by atoms with Crippen LogP contribution in [0.2, 0.25) is 0 Å². The van der Waals surface area contributed by atoms with Crippen LogP contribution < -0.4 is 20.5 Å². The second-order valence-electron chi connectivity index (χ2n) is 7.24. The third-order valence-electron chi connectivity index (χ3n) is 5.26. The van der Waals surface area contributed by atoms with Gasteiger partial charge in [-0.1, -0.05) is 30.3 Å². The number of ether oxygens (including phenoxy) is 2. The highest BCUT2D eigenvalue weighted by Gasteiger charge is 2.11. The van der Waals surface area contributed by atoms with Crippen molar-refractivity contribution < 1.29 is 18.3 Å². The summed E-state index contributed by atoms with van der Waals surface area (Å²) in [6.07, 6.45) is 1.47. The van der Waals surface area contributed by atoms with Crippen LogP contribution in [-0.2, 0) is 6.61 Å². The first kappa shape index (κ1) is 19.6. The van der Waals surface area contributed by atoms with Gasteiger partial charge < -0.3 is 18.3 Å². The molecule has 2 heterocycles. The molecular weight excluding hydrogens is 408 g/mol. The minimum Gasteiger partial charge on any atom is -0.497 e. The van der Waals surface area contributed by atoms with Crippen molar-refractivity contribution in [3.8, 4) is 22.6 Å². The van der Waals surface area contributed by atoms with Crippen LogP contribution in [-0.4, -0.2) is 7.11 Å². The van der Waals surface area contributed by atoms with Gasteiger partial charge in [-0.05, 0) is 29.8 Å². The van der Waals surface area contributed by atoms with E-state index >= 15 is 0 Å². The summed E-state index contributed by atoms with van der Waals surface area (Å²) in [5.41, 5.74) is 2.26. The molecule has 0 amide bonds. The number of fused-ring (bicyclic) bond motifs is 2. The molecule has 158 valence electrons. The van der Waals surface area contributed by atoms with E-state index in [0.717, 1.165) is 10.9 Å². The highest BCUT2D eigenvalue weighted by atomic mass is 16.5. The number of rotatable bonds is 5. The van der Waals surface area contributed by atoms with Crippen LogP contribution in [0, 0.1) is 0 Å². The Morgan fingerprint density at radius 2 is 1.56 bits per heavy atom. The second kappa shape index (κ2) is 8.07. The molecule has 5 aromatic rings. The normalized spacial score (nSPS) is 11.0. The molecule has 5 rings (SSSR count). The number of methoxy groups -OCH3 is 1. The molecule has 32 heavy (non-hydrogen) atoms. The zero-order chi connectivity index (χ0) is 22.1. The molecule has 0 spiro atoms. The van der Waals surface area contributed by atoms with Gasteiger partial charge in [-0.25, -0.2) is 4.79 Å². The lowest BCUT2D eigenvalue weighted by Crippen LogP contribution is -2.06. The second-order valence-corrected chi connectivity index (χ2v) is 7.24. The molecule has 0 atom stereocenters. The monoisotopic (exact) mass is 426 g/mol. The Kier molecular flexibility index (Phi) is 4.95. The minimum absolute atomic E-state index is 0.107. The lowest BCUT2D eigenvalue weighted by Gasteiger charge is -2.10. The van der Waals surface area contributed by atoms with Gasteiger partial charge in [-0.3, -0.25) is 4.79 Å². The Hall–Kier alpha value is -4.32. The van der Waals surface area contributed by atoms with E-state index in [1.54, 1.807) is 37.4 Å². The molecule has 2 aromatic heterocycles. The number of hydrogen-bond acceptors (Lipinski definition) is 6. The maximum absolute atomic E-state index is 12.9. The van der Waals surface area contributed by atoms with E-state index in [2.05, 4.69) is 0 Å². The summed E-state index contributed by atoms with van der Waals surface area (Å²) in [7, 11) is 1.55. The predicted octanol–water partition coefficient (Wildman–Crippen LogP) is 5.15. The van der Waals surface area contributed by atoms with Crippen molar-refractivity contribution in [2.45, 2.75) is 6.61 Å².